The van der Waals surface area contributed by atoms with Gasteiger partial charge in [0.15, 0.2) is 0 Å². The van der Waals surface area contributed by atoms with Crippen LogP contribution in [0.15, 0.2) is 55.1 Å². The fourth-order valence-electron chi connectivity index (χ4n) is 2.72. The van der Waals surface area contributed by atoms with Crippen LogP contribution < -0.4 is 5.32 Å². The van der Waals surface area contributed by atoms with Gasteiger partial charge in [0.1, 0.15) is 18.1 Å². The minimum absolute atomic E-state index is 0.0564. The SMILES string of the molecule is Cn1cc(C(=O)NC(Cc2ccccc2)C(=O)C(=O)O)c(-c2ccncn2)n1. The molecule has 0 bridgehead atoms. The average Bonchev–Trinajstić information content (AvgIpc) is 3.10. The normalized spacial score (nSPS) is 11.6. The summed E-state index contributed by atoms with van der Waals surface area (Å²) < 4.78 is 1.44. The van der Waals surface area contributed by atoms with Crippen LogP contribution in [0, 0.1) is 0 Å². The first-order valence-corrected chi connectivity index (χ1v) is 8.37. The van der Waals surface area contributed by atoms with Crippen LogP contribution in [0.1, 0.15) is 15.9 Å². The Morgan fingerprint density at radius 3 is 2.57 bits per heavy atom. The maximum Gasteiger partial charge on any atom is 0.374 e. The van der Waals surface area contributed by atoms with Crippen LogP contribution in [0.5, 0.6) is 0 Å². The van der Waals surface area contributed by atoms with Gasteiger partial charge in [-0.1, -0.05) is 30.3 Å². The summed E-state index contributed by atoms with van der Waals surface area (Å²) >= 11 is 0. The average molecular weight is 379 g/mol. The number of nitrogens with zero attached hydrogens (tertiary/aromatic N) is 4. The molecule has 2 heterocycles. The molecule has 9 heteroatoms. The van der Waals surface area contributed by atoms with Gasteiger partial charge in [-0.25, -0.2) is 14.8 Å². The van der Waals surface area contributed by atoms with Gasteiger partial charge >= 0.3 is 5.97 Å². The fourth-order valence-corrected chi connectivity index (χ4v) is 2.72. The number of Topliss-reactive ketones (excluding diaryl/α,β-unsaturated/α-hetero) is 1. The highest BCUT2D eigenvalue weighted by Gasteiger charge is 2.29. The predicted octanol–water partition coefficient (Wildman–Crippen LogP) is 0.872. The molecule has 0 aliphatic carbocycles. The molecule has 28 heavy (non-hydrogen) atoms. The Kier molecular flexibility index (Phi) is 5.54. The second-order valence-electron chi connectivity index (χ2n) is 6.04. The van der Waals surface area contributed by atoms with Gasteiger partial charge in [0.05, 0.1) is 11.3 Å². The highest BCUT2D eigenvalue weighted by Crippen LogP contribution is 2.19. The molecule has 9 nitrogen and oxygen atoms in total. The van der Waals surface area contributed by atoms with Gasteiger partial charge < -0.3 is 10.4 Å². The van der Waals surface area contributed by atoms with E-state index in [0.717, 1.165) is 5.56 Å². The quantitative estimate of drug-likeness (QED) is 0.583. The van der Waals surface area contributed by atoms with Gasteiger partial charge in [-0.15, -0.1) is 0 Å². The van der Waals surface area contributed by atoms with Crippen LogP contribution in [-0.4, -0.2) is 48.6 Å². The summed E-state index contributed by atoms with van der Waals surface area (Å²) in [6, 6.07) is 9.24. The van der Waals surface area contributed by atoms with Gasteiger partial charge in [0, 0.05) is 25.9 Å². The highest BCUT2D eigenvalue weighted by molar-refractivity contribution is 6.35. The molecule has 1 unspecified atom stereocenters. The number of carbonyl (C=O) groups excluding carboxylic acids is 2. The second-order valence-corrected chi connectivity index (χ2v) is 6.04. The molecule has 1 atom stereocenters. The van der Waals surface area contributed by atoms with E-state index in [0.29, 0.717) is 11.4 Å². The Bertz CT molecular complexity index is 1000. The highest BCUT2D eigenvalue weighted by atomic mass is 16.4. The maximum absolute atomic E-state index is 12.8. The summed E-state index contributed by atoms with van der Waals surface area (Å²) in [6.45, 7) is 0. The second kappa shape index (κ2) is 8.21. The molecule has 0 saturated heterocycles. The molecule has 0 aliphatic rings. The van der Waals surface area contributed by atoms with Crippen molar-refractivity contribution in [1.29, 1.82) is 0 Å². The molecule has 3 aromatic rings. The molecule has 0 saturated carbocycles. The Balaban J connectivity index is 1.88. The number of aliphatic carboxylic acids is 1. The van der Waals surface area contributed by atoms with Crippen molar-refractivity contribution in [3.63, 3.8) is 0 Å². The van der Waals surface area contributed by atoms with Crippen molar-refractivity contribution in [2.24, 2.45) is 7.05 Å². The van der Waals surface area contributed by atoms with Crippen LogP contribution in [0.25, 0.3) is 11.4 Å². The number of carboxylic acids is 1. The topological polar surface area (TPSA) is 127 Å². The number of aromatic nitrogens is 4. The Hall–Kier alpha value is -3.88. The first-order valence-electron chi connectivity index (χ1n) is 8.37. The lowest BCUT2D eigenvalue weighted by Crippen LogP contribution is -2.45. The first kappa shape index (κ1) is 18.9. The lowest BCUT2D eigenvalue weighted by atomic mass is 10.0. The van der Waals surface area contributed by atoms with E-state index < -0.39 is 23.7 Å². The zero-order chi connectivity index (χ0) is 20.1. The molecule has 1 amide bonds. The van der Waals surface area contributed by atoms with Gasteiger partial charge in [-0.2, -0.15) is 5.10 Å². The molecule has 2 N–H and O–H groups in total. The van der Waals surface area contributed by atoms with E-state index in [1.54, 1.807) is 43.4 Å². The van der Waals surface area contributed by atoms with Crippen molar-refractivity contribution >= 4 is 17.7 Å². The number of aryl methyl sites for hydroxylation is 1. The molecule has 1 aromatic carbocycles. The Labute approximate surface area is 160 Å². The summed E-state index contributed by atoms with van der Waals surface area (Å²) in [5.74, 6) is -3.31. The van der Waals surface area contributed by atoms with Crippen molar-refractivity contribution < 1.29 is 19.5 Å². The van der Waals surface area contributed by atoms with E-state index in [1.165, 1.54) is 23.4 Å². The van der Waals surface area contributed by atoms with Crippen molar-refractivity contribution in [3.05, 3.63) is 66.2 Å². The van der Waals surface area contributed by atoms with Gasteiger partial charge in [-0.05, 0) is 11.6 Å². The number of rotatable bonds is 7. The zero-order valence-corrected chi connectivity index (χ0v) is 14.9. The van der Waals surface area contributed by atoms with E-state index in [2.05, 4.69) is 20.4 Å². The smallest absolute Gasteiger partial charge is 0.374 e. The van der Waals surface area contributed by atoms with Crippen LogP contribution in [-0.2, 0) is 23.1 Å². The number of ketones is 1. The third-order valence-electron chi connectivity index (χ3n) is 4.01. The Morgan fingerprint density at radius 1 is 1.18 bits per heavy atom. The van der Waals surface area contributed by atoms with Gasteiger partial charge in [-0.3, -0.25) is 14.3 Å². The van der Waals surface area contributed by atoms with Crippen molar-refractivity contribution in [3.8, 4) is 11.4 Å². The van der Waals surface area contributed by atoms with E-state index in [-0.39, 0.29) is 12.0 Å². The minimum atomic E-state index is -1.61. The molecule has 142 valence electrons. The molecular formula is C19H17N5O4. The minimum Gasteiger partial charge on any atom is -0.475 e. The molecular weight excluding hydrogens is 362 g/mol. The number of amides is 1. The number of hydrogen-bond acceptors (Lipinski definition) is 6. The maximum atomic E-state index is 12.8. The molecule has 0 aliphatic heterocycles. The fraction of sp³-hybridized carbons (Fsp3) is 0.158. The summed E-state index contributed by atoms with van der Waals surface area (Å²) in [5.41, 5.74) is 1.65. The lowest BCUT2D eigenvalue weighted by molar-refractivity contribution is -0.149. The molecule has 3 rings (SSSR count). The van der Waals surface area contributed by atoms with Crippen molar-refractivity contribution in [2.75, 3.05) is 0 Å². The van der Waals surface area contributed by atoms with Crippen LogP contribution >= 0.6 is 0 Å². The first-order chi connectivity index (χ1) is 13.5. The third kappa shape index (κ3) is 4.26. The van der Waals surface area contributed by atoms with E-state index >= 15 is 0 Å². The molecule has 0 spiro atoms. The third-order valence-corrected chi connectivity index (χ3v) is 4.01. The Morgan fingerprint density at radius 2 is 1.93 bits per heavy atom. The molecule has 0 fully saturated rings. The standard InChI is InChI=1S/C19H17N5O4/c1-24-10-13(16(23-24)14-7-8-20-11-21-14)18(26)22-15(17(25)19(27)28)9-12-5-3-2-4-6-12/h2-8,10-11,15H,9H2,1H3,(H,22,26)(H,27,28). The molecule has 0 radical (unpaired) electrons. The van der Waals surface area contributed by atoms with Crippen molar-refractivity contribution in [2.45, 2.75) is 12.5 Å². The monoisotopic (exact) mass is 379 g/mol. The zero-order valence-electron chi connectivity index (χ0n) is 14.9. The summed E-state index contributed by atoms with van der Waals surface area (Å²) in [5, 5.41) is 15.9. The van der Waals surface area contributed by atoms with Crippen LogP contribution in [0.2, 0.25) is 0 Å². The van der Waals surface area contributed by atoms with E-state index in [4.69, 9.17) is 5.11 Å². The number of nitrogens with one attached hydrogen (secondary N) is 1. The number of carboxylic acid groups (broad SMARTS) is 1. The van der Waals surface area contributed by atoms with Crippen molar-refractivity contribution in [1.82, 2.24) is 25.1 Å². The predicted molar refractivity (Wildman–Crippen MR) is 98.3 cm³/mol. The summed E-state index contributed by atoms with van der Waals surface area (Å²) in [4.78, 5) is 44.1. The summed E-state index contributed by atoms with van der Waals surface area (Å²) in [7, 11) is 1.64. The van der Waals surface area contributed by atoms with Crippen LogP contribution in [0.4, 0.5) is 0 Å². The largest absolute Gasteiger partial charge is 0.475 e. The van der Waals surface area contributed by atoms with E-state index in [9.17, 15) is 14.4 Å². The number of carbonyl (C=O) groups is 3. The number of benzene rings is 1. The van der Waals surface area contributed by atoms with Gasteiger partial charge in [0.2, 0.25) is 0 Å². The number of hydrogen-bond donors (Lipinski definition) is 2. The lowest BCUT2D eigenvalue weighted by Gasteiger charge is -2.16. The van der Waals surface area contributed by atoms with E-state index in [1.807, 2.05) is 0 Å². The van der Waals surface area contributed by atoms with Crippen LogP contribution in [0.3, 0.4) is 0 Å². The summed E-state index contributed by atoms with van der Waals surface area (Å²) in [6.07, 6.45) is 4.39. The van der Waals surface area contributed by atoms with Gasteiger partial charge in [0.25, 0.3) is 11.7 Å². The molecule has 2 aromatic heterocycles.